The summed E-state index contributed by atoms with van der Waals surface area (Å²) in [5.74, 6) is 0.178. The number of hydrogen-bond donors (Lipinski definition) is 0. The molecule has 0 aliphatic carbocycles. The van der Waals surface area contributed by atoms with E-state index < -0.39 is 5.63 Å². The molecule has 0 aliphatic rings. The Balaban J connectivity index is 1.97. The predicted octanol–water partition coefficient (Wildman–Crippen LogP) is 2.80. The zero-order chi connectivity index (χ0) is 14.2. The minimum atomic E-state index is -0.425. The van der Waals surface area contributed by atoms with Crippen molar-refractivity contribution >= 4 is 21.9 Å². The van der Waals surface area contributed by atoms with Crippen LogP contribution in [0.3, 0.4) is 0 Å². The molecule has 0 unspecified atom stereocenters. The van der Waals surface area contributed by atoms with E-state index in [1.807, 2.05) is 30.3 Å². The van der Waals surface area contributed by atoms with E-state index in [4.69, 9.17) is 4.42 Å². The van der Waals surface area contributed by atoms with E-state index in [0.29, 0.717) is 16.6 Å². The van der Waals surface area contributed by atoms with Crippen molar-refractivity contribution in [2.75, 3.05) is 0 Å². The highest BCUT2D eigenvalue weighted by Gasteiger charge is 2.10. The first-order chi connectivity index (χ1) is 10.3. The van der Waals surface area contributed by atoms with Crippen LogP contribution >= 0.6 is 0 Å². The Hall–Kier alpha value is -3.08. The fourth-order valence-corrected chi connectivity index (χ4v) is 2.19. The molecule has 0 bridgehead atoms. The van der Waals surface area contributed by atoms with E-state index in [2.05, 4.69) is 15.0 Å². The average Bonchev–Trinajstić information content (AvgIpc) is 2.54. The minimum Gasteiger partial charge on any atom is -0.401 e. The number of nitrogens with zero attached hydrogens (tertiary/aromatic N) is 3. The standard InChI is InChI=1S/C16H9N3O2/c20-16-10-5-1-2-6-11(10)19-15(21-16)14-9-17-12-7-3-4-8-13(12)18-14/h1-9H. The number of aromatic nitrogens is 3. The lowest BCUT2D eigenvalue weighted by atomic mass is 10.2. The molecule has 0 saturated heterocycles. The Labute approximate surface area is 118 Å². The molecule has 5 heteroatoms. The molecule has 2 heterocycles. The highest BCUT2D eigenvalue weighted by molar-refractivity contribution is 5.79. The first-order valence-electron chi connectivity index (χ1n) is 6.43. The van der Waals surface area contributed by atoms with Crippen LogP contribution in [0.15, 0.2) is 63.9 Å². The first kappa shape index (κ1) is 11.7. The van der Waals surface area contributed by atoms with Gasteiger partial charge in [-0.2, -0.15) is 0 Å². The van der Waals surface area contributed by atoms with E-state index in [1.165, 1.54) is 0 Å². The second-order valence-corrected chi connectivity index (χ2v) is 4.57. The largest absolute Gasteiger partial charge is 0.401 e. The van der Waals surface area contributed by atoms with Crippen LogP contribution in [0.25, 0.3) is 33.5 Å². The Kier molecular flexibility index (Phi) is 2.50. The van der Waals surface area contributed by atoms with Gasteiger partial charge in [-0.15, -0.1) is 0 Å². The Morgan fingerprint density at radius 1 is 0.810 bits per heavy atom. The number of hydrogen-bond acceptors (Lipinski definition) is 5. The van der Waals surface area contributed by atoms with E-state index in [0.717, 1.165) is 11.0 Å². The predicted molar refractivity (Wildman–Crippen MR) is 78.8 cm³/mol. The summed E-state index contributed by atoms with van der Waals surface area (Å²) in [6.45, 7) is 0. The molecule has 4 rings (SSSR count). The normalized spacial score (nSPS) is 11.0. The van der Waals surface area contributed by atoms with Crippen LogP contribution in [0.4, 0.5) is 0 Å². The van der Waals surface area contributed by atoms with Crippen molar-refractivity contribution in [3.63, 3.8) is 0 Å². The van der Waals surface area contributed by atoms with Gasteiger partial charge in [0.05, 0.1) is 28.1 Å². The minimum absolute atomic E-state index is 0.178. The maximum absolute atomic E-state index is 12.0. The van der Waals surface area contributed by atoms with Crippen LogP contribution in [0.2, 0.25) is 0 Å². The Bertz CT molecular complexity index is 1020. The third-order valence-corrected chi connectivity index (χ3v) is 3.20. The lowest BCUT2D eigenvalue weighted by Gasteiger charge is -2.02. The molecule has 0 saturated carbocycles. The zero-order valence-electron chi connectivity index (χ0n) is 10.9. The summed E-state index contributed by atoms with van der Waals surface area (Å²) in [6, 6.07) is 14.5. The fourth-order valence-electron chi connectivity index (χ4n) is 2.19. The van der Waals surface area contributed by atoms with Crippen LogP contribution < -0.4 is 5.63 Å². The third kappa shape index (κ3) is 1.95. The van der Waals surface area contributed by atoms with Gasteiger partial charge in [-0.3, -0.25) is 4.98 Å². The topological polar surface area (TPSA) is 68.9 Å². The van der Waals surface area contributed by atoms with E-state index in [9.17, 15) is 4.79 Å². The molecule has 0 aliphatic heterocycles. The SMILES string of the molecule is O=c1oc(-c2cnc3ccccc3n2)nc2ccccc12. The smallest absolute Gasteiger partial charge is 0.347 e. The second-order valence-electron chi connectivity index (χ2n) is 4.57. The van der Waals surface area contributed by atoms with E-state index in [-0.39, 0.29) is 5.89 Å². The van der Waals surface area contributed by atoms with Crippen molar-refractivity contribution in [2.24, 2.45) is 0 Å². The molecule has 2 aromatic heterocycles. The molecule has 5 nitrogen and oxygen atoms in total. The molecule has 0 spiro atoms. The van der Waals surface area contributed by atoms with E-state index in [1.54, 1.807) is 24.4 Å². The van der Waals surface area contributed by atoms with Crippen LogP contribution in [0.5, 0.6) is 0 Å². The Morgan fingerprint density at radius 3 is 2.38 bits per heavy atom. The molecule has 0 N–H and O–H groups in total. The van der Waals surface area contributed by atoms with E-state index >= 15 is 0 Å². The van der Waals surface area contributed by atoms with Crippen LogP contribution in [0, 0.1) is 0 Å². The molecule has 100 valence electrons. The van der Waals surface area contributed by atoms with Gasteiger partial charge in [0.15, 0.2) is 0 Å². The molecule has 4 aromatic rings. The molecular formula is C16H9N3O2. The number of fused-ring (bicyclic) bond motifs is 2. The summed E-state index contributed by atoms with van der Waals surface area (Å²) in [6.07, 6.45) is 1.56. The van der Waals surface area contributed by atoms with Gasteiger partial charge in [-0.25, -0.2) is 14.8 Å². The lowest BCUT2D eigenvalue weighted by molar-refractivity contribution is 0.516. The maximum atomic E-state index is 12.0. The van der Waals surface area contributed by atoms with Crippen molar-refractivity contribution in [2.45, 2.75) is 0 Å². The maximum Gasteiger partial charge on any atom is 0.347 e. The summed E-state index contributed by atoms with van der Waals surface area (Å²) >= 11 is 0. The van der Waals surface area contributed by atoms with Crippen LogP contribution in [0.1, 0.15) is 0 Å². The summed E-state index contributed by atoms with van der Waals surface area (Å²) in [5, 5.41) is 0.454. The van der Waals surface area contributed by atoms with Gasteiger partial charge in [0.25, 0.3) is 5.89 Å². The van der Waals surface area contributed by atoms with Gasteiger partial charge in [-0.05, 0) is 24.3 Å². The molecule has 2 aromatic carbocycles. The van der Waals surface area contributed by atoms with Crippen molar-refractivity contribution in [1.29, 1.82) is 0 Å². The first-order valence-corrected chi connectivity index (χ1v) is 6.43. The summed E-state index contributed by atoms with van der Waals surface area (Å²) in [5.41, 5.74) is 2.11. The van der Waals surface area contributed by atoms with Gasteiger partial charge in [0, 0.05) is 0 Å². The van der Waals surface area contributed by atoms with Gasteiger partial charge in [0.2, 0.25) is 0 Å². The zero-order valence-corrected chi connectivity index (χ0v) is 10.9. The lowest BCUT2D eigenvalue weighted by Crippen LogP contribution is -2.03. The number of para-hydroxylation sites is 3. The summed E-state index contributed by atoms with van der Waals surface area (Å²) in [7, 11) is 0. The van der Waals surface area contributed by atoms with Crippen molar-refractivity contribution in [3.05, 3.63) is 65.1 Å². The van der Waals surface area contributed by atoms with Crippen molar-refractivity contribution < 1.29 is 4.42 Å². The quantitative estimate of drug-likeness (QED) is 0.534. The molecule has 0 amide bonds. The second kappa shape index (κ2) is 4.49. The molecule has 0 fully saturated rings. The summed E-state index contributed by atoms with van der Waals surface area (Å²) in [4.78, 5) is 25.1. The van der Waals surface area contributed by atoms with Crippen molar-refractivity contribution in [1.82, 2.24) is 15.0 Å². The van der Waals surface area contributed by atoms with Gasteiger partial charge in [-0.1, -0.05) is 24.3 Å². The van der Waals surface area contributed by atoms with Crippen molar-refractivity contribution in [3.8, 4) is 11.6 Å². The molecule has 0 atom stereocenters. The Morgan fingerprint density at radius 2 is 1.52 bits per heavy atom. The molecule has 21 heavy (non-hydrogen) atoms. The van der Waals surface area contributed by atoms with Gasteiger partial charge in [0.1, 0.15) is 5.69 Å². The molecular weight excluding hydrogens is 266 g/mol. The molecule has 0 radical (unpaired) electrons. The highest BCUT2D eigenvalue weighted by Crippen LogP contribution is 2.18. The van der Waals surface area contributed by atoms with Crippen LogP contribution in [-0.2, 0) is 0 Å². The fraction of sp³-hybridized carbons (Fsp3) is 0. The number of rotatable bonds is 1. The van der Waals surface area contributed by atoms with Crippen LogP contribution in [-0.4, -0.2) is 15.0 Å². The van der Waals surface area contributed by atoms with Gasteiger partial charge < -0.3 is 4.42 Å². The monoisotopic (exact) mass is 275 g/mol. The van der Waals surface area contributed by atoms with Gasteiger partial charge >= 0.3 is 5.63 Å². The average molecular weight is 275 g/mol. The number of benzene rings is 2. The summed E-state index contributed by atoms with van der Waals surface area (Å²) < 4.78 is 5.26. The third-order valence-electron chi connectivity index (χ3n) is 3.20. The highest BCUT2D eigenvalue weighted by atomic mass is 16.4.